The van der Waals surface area contributed by atoms with Gasteiger partial charge in [0.2, 0.25) is 0 Å². The molecule has 0 amide bonds. The highest BCUT2D eigenvalue weighted by Crippen LogP contribution is 2.28. The van der Waals surface area contributed by atoms with Gasteiger partial charge >= 0.3 is 11.9 Å². The quantitative estimate of drug-likeness (QED) is 0.463. The Morgan fingerprint density at radius 3 is 1.21 bits per heavy atom. The van der Waals surface area contributed by atoms with Crippen LogP contribution in [-0.2, 0) is 19.2 Å². The van der Waals surface area contributed by atoms with E-state index < -0.39 is 11.9 Å². The Balaban J connectivity index is 1.81. The molecule has 0 aromatic heterocycles. The molecule has 3 rings (SSSR count). The zero-order valence-electron chi connectivity index (χ0n) is 15.2. The van der Waals surface area contributed by atoms with E-state index in [2.05, 4.69) is 0 Å². The third kappa shape index (κ3) is 4.29. The van der Waals surface area contributed by atoms with Gasteiger partial charge < -0.3 is 9.47 Å². The molecule has 0 bridgehead atoms. The lowest BCUT2D eigenvalue weighted by atomic mass is 9.89. The molecule has 0 saturated carbocycles. The maximum absolute atomic E-state index is 12.5. The van der Waals surface area contributed by atoms with Gasteiger partial charge in [-0.2, -0.15) is 0 Å². The highest BCUT2D eigenvalue weighted by Gasteiger charge is 2.22. The number of rotatable bonds is 4. The summed E-state index contributed by atoms with van der Waals surface area (Å²) in [4.78, 5) is 47.0. The van der Waals surface area contributed by atoms with Crippen molar-refractivity contribution in [1.29, 1.82) is 0 Å². The Morgan fingerprint density at radius 2 is 0.929 bits per heavy atom. The summed E-state index contributed by atoms with van der Waals surface area (Å²) in [5, 5.41) is 0. The van der Waals surface area contributed by atoms with Gasteiger partial charge in [0.25, 0.3) is 0 Å². The van der Waals surface area contributed by atoms with E-state index in [-0.39, 0.29) is 22.7 Å². The molecule has 6 nitrogen and oxygen atoms in total. The van der Waals surface area contributed by atoms with Crippen LogP contribution in [0.15, 0.2) is 60.7 Å². The minimum atomic E-state index is -0.441. The van der Waals surface area contributed by atoms with Crippen LogP contribution in [0.2, 0.25) is 0 Å². The van der Waals surface area contributed by atoms with Gasteiger partial charge in [0.1, 0.15) is 11.5 Å². The fraction of sp³-hybridized carbons (Fsp3) is 0.0909. The van der Waals surface area contributed by atoms with Crippen LogP contribution in [0.3, 0.4) is 0 Å². The summed E-state index contributed by atoms with van der Waals surface area (Å²) in [6, 6.07) is 12.7. The molecule has 0 N–H and O–H groups in total. The molecule has 0 spiro atoms. The van der Waals surface area contributed by atoms with Gasteiger partial charge in [-0.05, 0) is 47.5 Å². The van der Waals surface area contributed by atoms with Crippen molar-refractivity contribution in [2.24, 2.45) is 0 Å². The third-order valence-electron chi connectivity index (χ3n) is 3.94. The molecule has 1 aliphatic carbocycles. The predicted octanol–water partition coefficient (Wildman–Crippen LogP) is 3.16. The fourth-order valence-corrected chi connectivity index (χ4v) is 2.75. The summed E-state index contributed by atoms with van der Waals surface area (Å²) in [7, 11) is 0. The van der Waals surface area contributed by atoms with Crippen molar-refractivity contribution in [2.75, 3.05) is 0 Å². The Hall–Kier alpha value is -3.80. The number of carbonyl (C=O) groups is 4. The molecule has 0 heterocycles. The first-order valence-electron chi connectivity index (χ1n) is 8.43. The summed E-state index contributed by atoms with van der Waals surface area (Å²) in [5.74, 6) is -0.782. The predicted molar refractivity (Wildman–Crippen MR) is 101 cm³/mol. The third-order valence-corrected chi connectivity index (χ3v) is 3.94. The fourth-order valence-electron chi connectivity index (χ4n) is 2.75. The number of ether oxygens (including phenoxy) is 2. The molecule has 0 unspecified atom stereocenters. The van der Waals surface area contributed by atoms with Crippen LogP contribution < -0.4 is 9.47 Å². The number of esters is 2. The summed E-state index contributed by atoms with van der Waals surface area (Å²) in [5.41, 5.74) is 1.63. The zero-order valence-corrected chi connectivity index (χ0v) is 15.2. The van der Waals surface area contributed by atoms with E-state index in [4.69, 9.17) is 9.47 Å². The molecule has 0 fully saturated rings. The van der Waals surface area contributed by atoms with Gasteiger partial charge in [-0.3, -0.25) is 19.2 Å². The average molecular weight is 376 g/mol. The first kappa shape index (κ1) is 19.0. The molecule has 2 aromatic carbocycles. The van der Waals surface area contributed by atoms with Crippen molar-refractivity contribution in [2.45, 2.75) is 13.8 Å². The van der Waals surface area contributed by atoms with Gasteiger partial charge in [-0.1, -0.05) is 24.3 Å². The molecule has 2 aromatic rings. The summed E-state index contributed by atoms with van der Waals surface area (Å²) >= 11 is 0. The zero-order chi connectivity index (χ0) is 20.3. The van der Waals surface area contributed by atoms with Crippen LogP contribution in [0.4, 0.5) is 0 Å². The molecule has 0 aliphatic heterocycles. The summed E-state index contributed by atoms with van der Waals surface area (Å²) in [6.45, 7) is 2.59. The second kappa shape index (κ2) is 7.84. The number of benzene rings is 2. The van der Waals surface area contributed by atoms with Crippen molar-refractivity contribution in [3.63, 3.8) is 0 Å². The summed E-state index contributed by atoms with van der Waals surface area (Å²) in [6.07, 6.45) is 2.58. The van der Waals surface area contributed by atoms with E-state index in [1.807, 2.05) is 0 Å². The van der Waals surface area contributed by atoms with Crippen LogP contribution in [0.25, 0.3) is 11.1 Å². The number of carbonyl (C=O) groups excluding carboxylic acids is 4. The van der Waals surface area contributed by atoms with E-state index in [1.165, 1.54) is 26.0 Å². The Morgan fingerprint density at radius 1 is 0.607 bits per heavy atom. The van der Waals surface area contributed by atoms with Crippen molar-refractivity contribution < 1.29 is 28.7 Å². The first-order valence-corrected chi connectivity index (χ1v) is 8.43. The molecule has 0 saturated heterocycles. The second-order valence-corrected chi connectivity index (χ2v) is 6.08. The first-order chi connectivity index (χ1) is 13.3. The standard InChI is InChI=1S/C22H16O6/c1-13(23)27-17-7-3-15(4-8-17)19-11-22(26)20(12-21(19)25)16-5-9-18(10-6-16)28-14(2)24/h3-12H,1-2H3. The van der Waals surface area contributed by atoms with Gasteiger partial charge in [-0.25, -0.2) is 0 Å². The van der Waals surface area contributed by atoms with Gasteiger partial charge in [0.05, 0.1) is 0 Å². The van der Waals surface area contributed by atoms with Crippen molar-refractivity contribution in [3.8, 4) is 11.5 Å². The molecule has 0 radical (unpaired) electrons. The molecule has 0 atom stereocenters. The highest BCUT2D eigenvalue weighted by atomic mass is 16.5. The van der Waals surface area contributed by atoms with Gasteiger partial charge in [0.15, 0.2) is 11.6 Å². The minimum absolute atomic E-state index is 0.264. The number of hydrogen-bond donors (Lipinski definition) is 0. The molecule has 28 heavy (non-hydrogen) atoms. The average Bonchev–Trinajstić information content (AvgIpc) is 2.64. The van der Waals surface area contributed by atoms with Crippen LogP contribution in [-0.4, -0.2) is 23.5 Å². The van der Waals surface area contributed by atoms with E-state index in [0.29, 0.717) is 22.6 Å². The monoisotopic (exact) mass is 376 g/mol. The molecular formula is C22H16O6. The number of allylic oxidation sites excluding steroid dienone is 4. The van der Waals surface area contributed by atoms with Crippen LogP contribution >= 0.6 is 0 Å². The normalized spacial score (nSPS) is 13.5. The van der Waals surface area contributed by atoms with Crippen molar-refractivity contribution in [1.82, 2.24) is 0 Å². The summed E-state index contributed by atoms with van der Waals surface area (Å²) < 4.78 is 9.92. The number of ketones is 2. The Bertz CT molecular complexity index is 938. The van der Waals surface area contributed by atoms with E-state index in [1.54, 1.807) is 48.5 Å². The smallest absolute Gasteiger partial charge is 0.308 e. The van der Waals surface area contributed by atoms with Crippen LogP contribution in [0.5, 0.6) is 11.5 Å². The lowest BCUT2D eigenvalue weighted by Crippen LogP contribution is -2.12. The lowest BCUT2D eigenvalue weighted by Gasteiger charge is -2.13. The molecule has 140 valence electrons. The molecule has 1 aliphatic rings. The van der Waals surface area contributed by atoms with Crippen LogP contribution in [0.1, 0.15) is 25.0 Å². The van der Waals surface area contributed by atoms with Gasteiger partial charge in [-0.15, -0.1) is 0 Å². The van der Waals surface area contributed by atoms with Crippen LogP contribution in [0, 0.1) is 0 Å². The SMILES string of the molecule is CC(=O)Oc1ccc(C2=CC(=O)C(c3ccc(OC(C)=O)cc3)=CC2=O)cc1. The van der Waals surface area contributed by atoms with E-state index in [0.717, 1.165) is 0 Å². The Kier molecular flexibility index (Phi) is 5.31. The Labute approximate surface area is 161 Å². The molecule has 6 heteroatoms. The van der Waals surface area contributed by atoms with Crippen molar-refractivity contribution >= 4 is 34.7 Å². The maximum atomic E-state index is 12.5. The minimum Gasteiger partial charge on any atom is -0.427 e. The van der Waals surface area contributed by atoms with Crippen molar-refractivity contribution in [3.05, 3.63) is 71.8 Å². The molecular weight excluding hydrogens is 360 g/mol. The van der Waals surface area contributed by atoms with Gasteiger partial charge in [0, 0.05) is 25.0 Å². The number of hydrogen-bond acceptors (Lipinski definition) is 6. The highest BCUT2D eigenvalue weighted by molar-refractivity contribution is 6.43. The van der Waals surface area contributed by atoms with E-state index >= 15 is 0 Å². The lowest BCUT2D eigenvalue weighted by molar-refractivity contribution is -0.132. The second-order valence-electron chi connectivity index (χ2n) is 6.08. The topological polar surface area (TPSA) is 86.7 Å². The largest absolute Gasteiger partial charge is 0.427 e. The van der Waals surface area contributed by atoms with E-state index in [9.17, 15) is 19.2 Å². The maximum Gasteiger partial charge on any atom is 0.308 e.